The lowest BCUT2D eigenvalue weighted by molar-refractivity contribution is -0.137. The second kappa shape index (κ2) is 3.79. The lowest BCUT2D eigenvalue weighted by Crippen LogP contribution is -2.53. The quantitative estimate of drug-likeness (QED) is 0.609. The van der Waals surface area contributed by atoms with Gasteiger partial charge in [-0.25, -0.2) is 8.42 Å². The zero-order chi connectivity index (χ0) is 10.8. The maximum absolute atomic E-state index is 11.0. The summed E-state index contributed by atoms with van der Waals surface area (Å²) in [4.78, 5) is 9.35. The zero-order valence-corrected chi connectivity index (χ0v) is 8.98. The molecular formula is C6H10N2O4S2. The summed E-state index contributed by atoms with van der Waals surface area (Å²) in [6.45, 7) is 0. The summed E-state index contributed by atoms with van der Waals surface area (Å²) < 4.78 is 24.2. The molecule has 1 unspecified atom stereocenters. The van der Waals surface area contributed by atoms with Gasteiger partial charge in [-0.05, 0) is 5.41 Å². The van der Waals surface area contributed by atoms with Gasteiger partial charge in [-0.1, -0.05) is 11.8 Å². The maximum atomic E-state index is 11.0. The Morgan fingerprint density at radius 1 is 1.71 bits per heavy atom. The molecule has 3 N–H and O–H groups in total. The smallest absolute Gasteiger partial charge is 0.308 e. The van der Waals surface area contributed by atoms with Crippen molar-refractivity contribution in [2.75, 3.05) is 6.26 Å². The van der Waals surface area contributed by atoms with E-state index in [0.29, 0.717) is 0 Å². The topological polar surface area (TPSA) is 95.5 Å². The third-order valence-electron chi connectivity index (χ3n) is 1.40. The number of sulfonamides is 1. The predicted molar refractivity (Wildman–Crippen MR) is 52.8 cm³/mol. The fraction of sp³-hybridized carbons (Fsp3) is 0.500. The van der Waals surface area contributed by atoms with Gasteiger partial charge < -0.3 is 10.4 Å². The number of carbonyl (C=O) groups is 1. The van der Waals surface area contributed by atoms with Crippen molar-refractivity contribution < 1.29 is 18.3 Å². The molecule has 0 spiro atoms. The van der Waals surface area contributed by atoms with Crippen LogP contribution in [0.3, 0.4) is 0 Å². The summed E-state index contributed by atoms with van der Waals surface area (Å²) in [5.41, 5.74) is 0. The predicted octanol–water partition coefficient (Wildman–Crippen LogP) is -0.528. The van der Waals surface area contributed by atoms with Crippen LogP contribution >= 0.6 is 11.8 Å². The van der Waals surface area contributed by atoms with Crippen LogP contribution in [-0.4, -0.2) is 30.7 Å². The molecule has 0 saturated carbocycles. The van der Waals surface area contributed by atoms with Crippen molar-refractivity contribution in [2.45, 2.75) is 11.4 Å². The summed E-state index contributed by atoms with van der Waals surface area (Å²) in [6.07, 6.45) is 2.15. The van der Waals surface area contributed by atoms with E-state index in [1.807, 2.05) is 0 Å². The minimum atomic E-state index is -3.45. The normalized spacial score (nSPS) is 26.1. The van der Waals surface area contributed by atoms with Crippen LogP contribution in [0.1, 0.15) is 6.42 Å². The van der Waals surface area contributed by atoms with Crippen LogP contribution in [-0.2, 0) is 14.8 Å². The maximum Gasteiger partial charge on any atom is 0.308 e. The number of hydrogen-bond donors (Lipinski definition) is 3. The SMILES string of the molecule is CS(=O)(=O)NC1(CC(=O)O)NC=CS1. The first-order valence-corrected chi connectivity index (χ1v) is 6.41. The van der Waals surface area contributed by atoms with Crippen molar-refractivity contribution in [1.29, 1.82) is 0 Å². The van der Waals surface area contributed by atoms with Crippen LogP contribution in [0.25, 0.3) is 0 Å². The lowest BCUT2D eigenvalue weighted by Gasteiger charge is -2.27. The molecule has 0 aromatic rings. The molecule has 6 nitrogen and oxygen atoms in total. The van der Waals surface area contributed by atoms with E-state index in [2.05, 4.69) is 10.0 Å². The van der Waals surface area contributed by atoms with E-state index in [4.69, 9.17) is 5.11 Å². The van der Waals surface area contributed by atoms with Gasteiger partial charge in [0.1, 0.15) is 0 Å². The van der Waals surface area contributed by atoms with Gasteiger partial charge in [-0.3, -0.25) is 4.79 Å². The van der Waals surface area contributed by atoms with Crippen molar-refractivity contribution in [2.24, 2.45) is 0 Å². The Morgan fingerprint density at radius 2 is 2.36 bits per heavy atom. The second-order valence-corrected chi connectivity index (χ2v) is 5.79. The fourth-order valence-corrected chi connectivity index (χ4v) is 3.14. The summed E-state index contributed by atoms with van der Waals surface area (Å²) in [6, 6.07) is 0. The average molecular weight is 238 g/mol. The van der Waals surface area contributed by atoms with Crippen molar-refractivity contribution >= 4 is 27.8 Å². The van der Waals surface area contributed by atoms with Crippen molar-refractivity contribution in [3.05, 3.63) is 11.6 Å². The molecule has 0 aromatic carbocycles. The molecule has 1 aliphatic heterocycles. The van der Waals surface area contributed by atoms with Crippen LogP contribution in [0.4, 0.5) is 0 Å². The number of nitrogens with one attached hydrogen (secondary N) is 2. The molecule has 1 heterocycles. The Balaban J connectivity index is 2.78. The van der Waals surface area contributed by atoms with E-state index < -0.39 is 21.0 Å². The van der Waals surface area contributed by atoms with Gasteiger partial charge >= 0.3 is 5.97 Å². The van der Waals surface area contributed by atoms with Crippen LogP contribution in [0, 0.1) is 0 Å². The minimum Gasteiger partial charge on any atom is -0.481 e. The molecule has 0 radical (unpaired) electrons. The van der Waals surface area contributed by atoms with Crippen molar-refractivity contribution in [1.82, 2.24) is 10.0 Å². The number of rotatable bonds is 4. The molecule has 80 valence electrons. The monoisotopic (exact) mass is 238 g/mol. The third kappa shape index (κ3) is 3.20. The van der Waals surface area contributed by atoms with E-state index in [9.17, 15) is 13.2 Å². The fourth-order valence-electron chi connectivity index (χ4n) is 1.05. The molecule has 0 bridgehead atoms. The first-order chi connectivity index (χ1) is 6.33. The number of carboxylic acids is 1. The van der Waals surface area contributed by atoms with E-state index >= 15 is 0 Å². The average Bonchev–Trinajstić information content (AvgIpc) is 2.30. The number of hydrogen-bond acceptors (Lipinski definition) is 5. The first-order valence-electron chi connectivity index (χ1n) is 3.64. The second-order valence-electron chi connectivity index (χ2n) is 2.84. The molecule has 1 rings (SSSR count). The first kappa shape index (κ1) is 11.3. The molecule has 1 atom stereocenters. The molecule has 0 amide bonds. The van der Waals surface area contributed by atoms with Gasteiger partial charge in [0, 0.05) is 6.20 Å². The molecule has 1 aliphatic rings. The van der Waals surface area contributed by atoms with Gasteiger partial charge in [0.2, 0.25) is 10.0 Å². The highest BCUT2D eigenvalue weighted by atomic mass is 32.2. The van der Waals surface area contributed by atoms with Crippen molar-refractivity contribution in [3.63, 3.8) is 0 Å². The Kier molecular flexibility index (Phi) is 3.07. The zero-order valence-electron chi connectivity index (χ0n) is 7.35. The molecule has 0 fully saturated rings. The molecule has 0 aromatic heterocycles. The Bertz CT molecular complexity index is 354. The number of aliphatic carboxylic acids is 1. The highest BCUT2D eigenvalue weighted by Gasteiger charge is 2.37. The molecular weight excluding hydrogens is 228 g/mol. The summed E-state index contributed by atoms with van der Waals surface area (Å²) >= 11 is 1.08. The Morgan fingerprint density at radius 3 is 2.71 bits per heavy atom. The van der Waals surface area contributed by atoms with E-state index in [1.54, 1.807) is 5.41 Å². The molecule has 0 saturated heterocycles. The third-order valence-corrected chi connectivity index (χ3v) is 3.29. The Labute approximate surface area is 85.8 Å². The van der Waals surface area contributed by atoms with E-state index in [0.717, 1.165) is 18.0 Å². The van der Waals surface area contributed by atoms with E-state index in [1.165, 1.54) is 6.20 Å². The van der Waals surface area contributed by atoms with Gasteiger partial charge in [0.15, 0.2) is 4.99 Å². The molecule has 8 heteroatoms. The number of thioether (sulfide) groups is 1. The summed E-state index contributed by atoms with van der Waals surface area (Å²) in [5.74, 6) is -1.08. The van der Waals surface area contributed by atoms with Crippen LogP contribution < -0.4 is 10.0 Å². The van der Waals surface area contributed by atoms with Crippen LogP contribution in [0.5, 0.6) is 0 Å². The van der Waals surface area contributed by atoms with Gasteiger partial charge in [0.05, 0.1) is 12.7 Å². The van der Waals surface area contributed by atoms with Crippen molar-refractivity contribution in [3.8, 4) is 0 Å². The minimum absolute atomic E-state index is 0.336. The molecule has 0 aliphatic carbocycles. The summed E-state index contributed by atoms with van der Waals surface area (Å²) in [7, 11) is -3.45. The number of carboxylic acid groups (broad SMARTS) is 1. The van der Waals surface area contributed by atoms with Crippen LogP contribution in [0.2, 0.25) is 0 Å². The van der Waals surface area contributed by atoms with Crippen LogP contribution in [0.15, 0.2) is 11.6 Å². The highest BCUT2D eigenvalue weighted by Crippen LogP contribution is 2.29. The Hall–Kier alpha value is -0.730. The van der Waals surface area contributed by atoms with Gasteiger partial charge in [-0.15, -0.1) is 0 Å². The van der Waals surface area contributed by atoms with Gasteiger partial charge in [0.25, 0.3) is 0 Å². The summed E-state index contributed by atoms with van der Waals surface area (Å²) in [5, 5.41) is 12.9. The highest BCUT2D eigenvalue weighted by molar-refractivity contribution is 8.04. The molecule has 14 heavy (non-hydrogen) atoms. The standard InChI is InChI=1S/C6H10N2O4S2/c1-14(11,12)8-6(4-5(9)10)7-2-3-13-6/h2-3,7-8H,4H2,1H3,(H,9,10). The van der Waals surface area contributed by atoms with E-state index in [-0.39, 0.29) is 6.42 Å². The lowest BCUT2D eigenvalue weighted by atomic mass is 10.3. The largest absolute Gasteiger partial charge is 0.481 e. The van der Waals surface area contributed by atoms with Gasteiger partial charge in [-0.2, -0.15) is 4.72 Å².